The highest BCUT2D eigenvalue weighted by Gasteiger charge is 2.32. The van der Waals surface area contributed by atoms with Gasteiger partial charge in [-0.15, -0.1) is 0 Å². The molecule has 0 spiro atoms. The molecule has 1 aliphatic rings. The van der Waals surface area contributed by atoms with E-state index in [1.807, 2.05) is 0 Å². The van der Waals surface area contributed by atoms with Crippen LogP contribution < -0.4 is 10.6 Å². The number of benzene rings is 2. The van der Waals surface area contributed by atoms with Gasteiger partial charge in [0.25, 0.3) is 0 Å². The number of hydrogen-bond donors (Lipinski definition) is 2. The number of nitrogens with zero attached hydrogens (tertiary/aromatic N) is 1. The van der Waals surface area contributed by atoms with Gasteiger partial charge in [-0.1, -0.05) is 24.3 Å². The summed E-state index contributed by atoms with van der Waals surface area (Å²) >= 11 is 0. The third-order valence-corrected chi connectivity index (χ3v) is 4.34. The minimum absolute atomic E-state index is 0.118. The average molecular weight is 373 g/mol. The van der Waals surface area contributed by atoms with E-state index in [4.69, 9.17) is 0 Å². The molecule has 0 saturated heterocycles. The lowest BCUT2D eigenvalue weighted by Gasteiger charge is -2.23. The molecule has 0 heterocycles. The Kier molecular flexibility index (Phi) is 6.01. The topological polar surface area (TPSA) is 61.4 Å². The molecule has 0 aliphatic heterocycles. The summed E-state index contributed by atoms with van der Waals surface area (Å²) in [5.41, 5.74) is 1.60. The fourth-order valence-corrected chi connectivity index (χ4v) is 2.70. The van der Waals surface area contributed by atoms with Crippen molar-refractivity contribution in [2.45, 2.75) is 32.0 Å². The Morgan fingerprint density at radius 2 is 1.44 bits per heavy atom. The van der Waals surface area contributed by atoms with Gasteiger partial charge >= 0.3 is 6.03 Å². The Hall–Kier alpha value is -2.96. The van der Waals surface area contributed by atoms with Crippen LogP contribution in [0.5, 0.6) is 0 Å². The van der Waals surface area contributed by atoms with Gasteiger partial charge in [-0.05, 0) is 48.2 Å². The summed E-state index contributed by atoms with van der Waals surface area (Å²) in [6, 6.07) is 11.6. The standard InChI is InChI=1S/C20H21F2N3O2/c21-16-5-1-14(2-6-16)11-23-20(27)24-12-19(26)25(18-9-10-18)13-15-3-7-17(22)8-4-15/h1-8,18H,9-13H2,(H2,23,24,27). The van der Waals surface area contributed by atoms with E-state index in [1.165, 1.54) is 24.3 Å². The molecule has 1 saturated carbocycles. The molecule has 0 aromatic heterocycles. The normalized spacial score (nSPS) is 13.1. The van der Waals surface area contributed by atoms with Gasteiger partial charge < -0.3 is 15.5 Å². The molecular formula is C20H21F2N3O2. The summed E-state index contributed by atoms with van der Waals surface area (Å²) < 4.78 is 25.9. The number of nitrogens with one attached hydrogen (secondary N) is 2. The van der Waals surface area contributed by atoms with Gasteiger partial charge in [0.2, 0.25) is 5.91 Å². The molecule has 0 unspecified atom stereocenters. The zero-order valence-corrected chi connectivity index (χ0v) is 14.8. The maximum Gasteiger partial charge on any atom is 0.315 e. The maximum absolute atomic E-state index is 13.0. The lowest BCUT2D eigenvalue weighted by Crippen LogP contribution is -2.44. The molecule has 5 nitrogen and oxygen atoms in total. The molecule has 2 aromatic rings. The number of carbonyl (C=O) groups is 2. The first-order valence-electron chi connectivity index (χ1n) is 8.81. The number of halogens is 2. The molecule has 27 heavy (non-hydrogen) atoms. The first-order valence-corrected chi connectivity index (χ1v) is 8.81. The summed E-state index contributed by atoms with van der Waals surface area (Å²) in [6.45, 7) is 0.512. The molecule has 0 radical (unpaired) electrons. The van der Waals surface area contributed by atoms with Gasteiger partial charge in [-0.2, -0.15) is 0 Å². The summed E-state index contributed by atoms with van der Waals surface area (Å²) in [6.07, 6.45) is 1.87. The lowest BCUT2D eigenvalue weighted by molar-refractivity contribution is -0.131. The minimum atomic E-state index is -0.467. The fourth-order valence-electron chi connectivity index (χ4n) is 2.70. The van der Waals surface area contributed by atoms with Crippen LogP contribution in [-0.2, 0) is 17.9 Å². The first kappa shape index (κ1) is 18.8. The van der Waals surface area contributed by atoms with Crippen molar-refractivity contribution in [1.82, 2.24) is 15.5 Å². The number of urea groups is 1. The van der Waals surface area contributed by atoms with Crippen LogP contribution in [0.15, 0.2) is 48.5 Å². The van der Waals surface area contributed by atoms with Gasteiger partial charge in [0, 0.05) is 19.1 Å². The number of rotatable bonds is 7. The Morgan fingerprint density at radius 3 is 2.00 bits per heavy atom. The Bertz CT molecular complexity index is 790. The summed E-state index contributed by atoms with van der Waals surface area (Å²) in [5.74, 6) is -0.837. The van der Waals surface area contributed by atoms with E-state index < -0.39 is 6.03 Å². The molecule has 2 N–H and O–H groups in total. The van der Waals surface area contributed by atoms with Crippen LogP contribution in [0.2, 0.25) is 0 Å². The predicted octanol–water partition coefficient (Wildman–Crippen LogP) is 2.96. The maximum atomic E-state index is 13.0. The van der Waals surface area contributed by atoms with Crippen molar-refractivity contribution in [2.75, 3.05) is 6.54 Å². The second-order valence-corrected chi connectivity index (χ2v) is 6.54. The van der Waals surface area contributed by atoms with Gasteiger partial charge in [0.15, 0.2) is 0 Å². The predicted molar refractivity (Wildman–Crippen MR) is 96.6 cm³/mol. The van der Waals surface area contributed by atoms with E-state index >= 15 is 0 Å². The van der Waals surface area contributed by atoms with Crippen molar-refractivity contribution in [3.05, 3.63) is 71.3 Å². The van der Waals surface area contributed by atoms with Crippen molar-refractivity contribution in [2.24, 2.45) is 0 Å². The van der Waals surface area contributed by atoms with Crippen LogP contribution in [0.3, 0.4) is 0 Å². The van der Waals surface area contributed by atoms with Crippen LogP contribution in [-0.4, -0.2) is 29.4 Å². The molecule has 3 amide bonds. The van der Waals surface area contributed by atoms with Crippen LogP contribution in [0.4, 0.5) is 13.6 Å². The van der Waals surface area contributed by atoms with Crippen molar-refractivity contribution in [3.63, 3.8) is 0 Å². The minimum Gasteiger partial charge on any atom is -0.334 e. The van der Waals surface area contributed by atoms with Gasteiger partial charge in [-0.3, -0.25) is 4.79 Å². The largest absolute Gasteiger partial charge is 0.334 e. The molecular weight excluding hydrogens is 352 g/mol. The van der Waals surface area contributed by atoms with Crippen molar-refractivity contribution >= 4 is 11.9 Å². The van der Waals surface area contributed by atoms with E-state index in [-0.39, 0.29) is 36.7 Å². The van der Waals surface area contributed by atoms with Crippen LogP contribution >= 0.6 is 0 Å². The quantitative estimate of drug-likeness (QED) is 0.784. The average Bonchev–Trinajstić information content (AvgIpc) is 3.50. The van der Waals surface area contributed by atoms with Crippen LogP contribution in [0.25, 0.3) is 0 Å². The Labute approximate surface area is 156 Å². The second kappa shape index (κ2) is 8.62. The van der Waals surface area contributed by atoms with Gasteiger partial charge in [0.1, 0.15) is 11.6 Å². The van der Waals surface area contributed by atoms with Gasteiger partial charge in [0.05, 0.1) is 6.54 Å². The lowest BCUT2D eigenvalue weighted by atomic mass is 10.2. The fraction of sp³-hybridized carbons (Fsp3) is 0.300. The monoisotopic (exact) mass is 373 g/mol. The smallest absolute Gasteiger partial charge is 0.315 e. The van der Waals surface area contributed by atoms with Crippen LogP contribution in [0.1, 0.15) is 24.0 Å². The summed E-state index contributed by atoms with van der Waals surface area (Å²) in [4.78, 5) is 26.1. The third kappa shape index (κ3) is 5.77. The summed E-state index contributed by atoms with van der Waals surface area (Å²) in [5, 5.41) is 5.18. The van der Waals surface area contributed by atoms with E-state index in [2.05, 4.69) is 10.6 Å². The molecule has 7 heteroatoms. The summed E-state index contributed by atoms with van der Waals surface area (Å²) in [7, 11) is 0. The van der Waals surface area contributed by atoms with Gasteiger partial charge in [-0.25, -0.2) is 13.6 Å². The highest BCUT2D eigenvalue weighted by atomic mass is 19.1. The Morgan fingerprint density at radius 1 is 0.889 bits per heavy atom. The van der Waals surface area contributed by atoms with Crippen molar-refractivity contribution < 1.29 is 18.4 Å². The first-order chi connectivity index (χ1) is 13.0. The second-order valence-electron chi connectivity index (χ2n) is 6.54. The zero-order chi connectivity index (χ0) is 19.2. The van der Waals surface area contributed by atoms with Crippen molar-refractivity contribution in [3.8, 4) is 0 Å². The van der Waals surface area contributed by atoms with Crippen molar-refractivity contribution in [1.29, 1.82) is 0 Å². The molecule has 142 valence electrons. The third-order valence-electron chi connectivity index (χ3n) is 4.34. The number of hydrogen-bond acceptors (Lipinski definition) is 2. The molecule has 3 rings (SSSR count). The molecule has 2 aromatic carbocycles. The highest BCUT2D eigenvalue weighted by Crippen LogP contribution is 2.28. The molecule has 0 bridgehead atoms. The molecule has 1 fully saturated rings. The van der Waals surface area contributed by atoms with E-state index in [9.17, 15) is 18.4 Å². The Balaban J connectivity index is 1.46. The SMILES string of the molecule is O=C(NCC(=O)N(Cc1ccc(F)cc1)C1CC1)NCc1ccc(F)cc1. The van der Waals surface area contributed by atoms with E-state index in [1.54, 1.807) is 29.2 Å². The van der Waals surface area contributed by atoms with E-state index in [0.717, 1.165) is 24.0 Å². The molecule has 1 aliphatic carbocycles. The number of amides is 3. The number of carbonyl (C=O) groups excluding carboxylic acids is 2. The van der Waals surface area contributed by atoms with E-state index in [0.29, 0.717) is 6.54 Å². The zero-order valence-electron chi connectivity index (χ0n) is 14.8. The highest BCUT2D eigenvalue weighted by molar-refractivity contribution is 5.84. The van der Waals surface area contributed by atoms with Crippen LogP contribution in [0, 0.1) is 11.6 Å². The molecule has 0 atom stereocenters.